The van der Waals surface area contributed by atoms with Crippen LogP contribution in [0.25, 0.3) is 0 Å². The molecule has 2 unspecified atom stereocenters. The van der Waals surface area contributed by atoms with E-state index >= 15 is 0 Å². The van der Waals surface area contributed by atoms with Gasteiger partial charge in [0.1, 0.15) is 6.54 Å². The molecule has 0 aliphatic carbocycles. The van der Waals surface area contributed by atoms with Gasteiger partial charge in [-0.3, -0.25) is 9.59 Å². The van der Waals surface area contributed by atoms with Crippen molar-refractivity contribution < 1.29 is 27.9 Å². The van der Waals surface area contributed by atoms with Gasteiger partial charge in [-0.2, -0.15) is 4.31 Å². The highest BCUT2D eigenvalue weighted by atomic mass is 32.2. The number of morpholine rings is 1. The molecule has 132 valence electrons. The highest BCUT2D eigenvalue weighted by molar-refractivity contribution is 7.89. The molecule has 0 bridgehead atoms. The third kappa shape index (κ3) is 4.31. The number of nitrogens with zero attached hydrogens (tertiary/aromatic N) is 1. The van der Waals surface area contributed by atoms with Gasteiger partial charge in [0.25, 0.3) is 5.91 Å². The molecule has 0 radical (unpaired) electrons. The summed E-state index contributed by atoms with van der Waals surface area (Å²) in [6.45, 7) is 3.67. The van der Waals surface area contributed by atoms with Crippen molar-refractivity contribution in [2.75, 3.05) is 19.6 Å². The van der Waals surface area contributed by atoms with Crippen LogP contribution in [0.3, 0.4) is 0 Å². The minimum Gasteiger partial charge on any atom is -0.480 e. The second-order valence-electron chi connectivity index (χ2n) is 5.68. The summed E-state index contributed by atoms with van der Waals surface area (Å²) in [6, 6.07) is 5.40. The molecule has 1 heterocycles. The summed E-state index contributed by atoms with van der Waals surface area (Å²) in [5, 5.41) is 10.8. The maximum absolute atomic E-state index is 12.7. The van der Waals surface area contributed by atoms with E-state index in [1.807, 2.05) is 13.8 Å². The van der Waals surface area contributed by atoms with Gasteiger partial charge in [-0.25, -0.2) is 8.42 Å². The molecule has 2 atom stereocenters. The Morgan fingerprint density at radius 1 is 1.21 bits per heavy atom. The Kier molecular flexibility index (Phi) is 5.58. The number of hydrogen-bond acceptors (Lipinski definition) is 5. The monoisotopic (exact) mass is 356 g/mol. The summed E-state index contributed by atoms with van der Waals surface area (Å²) in [4.78, 5) is 22.3. The highest BCUT2D eigenvalue weighted by Gasteiger charge is 2.32. The number of aliphatic carboxylic acids is 1. The summed E-state index contributed by atoms with van der Waals surface area (Å²) in [5.41, 5.74) is 0.193. The number of amides is 1. The van der Waals surface area contributed by atoms with E-state index in [0.717, 1.165) is 0 Å². The number of carboxylic acids is 1. The first kappa shape index (κ1) is 18.4. The van der Waals surface area contributed by atoms with Crippen LogP contribution in [0.4, 0.5) is 0 Å². The average molecular weight is 356 g/mol. The van der Waals surface area contributed by atoms with E-state index in [4.69, 9.17) is 9.84 Å². The summed E-state index contributed by atoms with van der Waals surface area (Å²) in [7, 11) is -3.67. The van der Waals surface area contributed by atoms with Gasteiger partial charge in [-0.05, 0) is 38.1 Å². The van der Waals surface area contributed by atoms with Crippen LogP contribution < -0.4 is 5.32 Å². The largest absolute Gasteiger partial charge is 0.480 e. The predicted molar refractivity (Wildman–Crippen MR) is 85.2 cm³/mol. The molecule has 24 heavy (non-hydrogen) atoms. The minimum absolute atomic E-state index is 0.0820. The van der Waals surface area contributed by atoms with E-state index in [2.05, 4.69) is 5.32 Å². The van der Waals surface area contributed by atoms with Gasteiger partial charge in [0.2, 0.25) is 10.0 Å². The first-order chi connectivity index (χ1) is 11.2. The Morgan fingerprint density at radius 3 is 2.25 bits per heavy atom. The number of sulfonamides is 1. The number of nitrogens with one attached hydrogen (secondary N) is 1. The smallest absolute Gasteiger partial charge is 0.322 e. The fourth-order valence-electron chi connectivity index (χ4n) is 2.51. The topological polar surface area (TPSA) is 113 Å². The summed E-state index contributed by atoms with van der Waals surface area (Å²) in [6.07, 6.45) is -0.380. The number of ether oxygens (including phenoxy) is 1. The fraction of sp³-hybridized carbons (Fsp3) is 0.467. The molecule has 2 N–H and O–H groups in total. The van der Waals surface area contributed by atoms with Crippen molar-refractivity contribution in [2.24, 2.45) is 0 Å². The van der Waals surface area contributed by atoms with Gasteiger partial charge in [-0.1, -0.05) is 0 Å². The molecule has 1 saturated heterocycles. The van der Waals surface area contributed by atoms with Crippen LogP contribution in [0.15, 0.2) is 29.2 Å². The second kappa shape index (κ2) is 7.29. The molecule has 0 aromatic heterocycles. The number of carboxylic acid groups (broad SMARTS) is 1. The molecule has 1 aromatic rings. The normalized spacial score (nSPS) is 22.1. The van der Waals surface area contributed by atoms with Gasteiger partial charge in [0.05, 0.1) is 17.1 Å². The lowest BCUT2D eigenvalue weighted by molar-refractivity contribution is -0.135. The lowest BCUT2D eigenvalue weighted by atomic mass is 10.2. The first-order valence-electron chi connectivity index (χ1n) is 7.46. The van der Waals surface area contributed by atoms with E-state index in [1.165, 1.54) is 28.6 Å². The maximum Gasteiger partial charge on any atom is 0.322 e. The SMILES string of the molecule is CC1CN(S(=O)(=O)c2ccc(C(=O)NCC(=O)O)cc2)CC(C)O1. The second-order valence-corrected chi connectivity index (χ2v) is 7.62. The van der Waals surface area contributed by atoms with Crippen LogP contribution in [-0.4, -0.2) is 61.5 Å². The third-order valence-corrected chi connectivity index (χ3v) is 5.39. The molecule has 0 saturated carbocycles. The van der Waals surface area contributed by atoms with Gasteiger partial charge in [-0.15, -0.1) is 0 Å². The summed E-state index contributed by atoms with van der Waals surface area (Å²) < 4.78 is 32.2. The Morgan fingerprint density at radius 2 is 1.75 bits per heavy atom. The number of hydrogen-bond donors (Lipinski definition) is 2. The molecule has 0 spiro atoms. The van der Waals surface area contributed by atoms with Crippen molar-refractivity contribution in [3.05, 3.63) is 29.8 Å². The van der Waals surface area contributed by atoms with Crippen molar-refractivity contribution >= 4 is 21.9 Å². The summed E-state index contributed by atoms with van der Waals surface area (Å²) >= 11 is 0. The van der Waals surface area contributed by atoms with E-state index in [-0.39, 0.29) is 35.8 Å². The number of carbonyl (C=O) groups excluding carboxylic acids is 1. The summed E-state index contributed by atoms with van der Waals surface area (Å²) in [5.74, 6) is -1.73. The van der Waals surface area contributed by atoms with E-state index in [0.29, 0.717) is 0 Å². The van der Waals surface area contributed by atoms with Gasteiger partial charge in [0, 0.05) is 18.7 Å². The van der Waals surface area contributed by atoms with Gasteiger partial charge in [0.15, 0.2) is 0 Å². The number of benzene rings is 1. The molecule has 1 amide bonds. The minimum atomic E-state index is -3.67. The van der Waals surface area contributed by atoms with Crippen molar-refractivity contribution in [1.29, 1.82) is 0 Å². The molecule has 1 aliphatic heterocycles. The molecule has 1 aliphatic rings. The molecule has 1 aromatic carbocycles. The maximum atomic E-state index is 12.7. The molecule has 8 nitrogen and oxygen atoms in total. The zero-order chi connectivity index (χ0) is 17.9. The Labute approximate surface area is 140 Å². The van der Waals surface area contributed by atoms with Crippen LogP contribution in [0.2, 0.25) is 0 Å². The molecular formula is C15H20N2O6S. The predicted octanol–water partition coefficient (Wildman–Crippen LogP) is 0.299. The van der Waals surface area contributed by atoms with Crippen molar-refractivity contribution in [3.63, 3.8) is 0 Å². The third-order valence-electron chi connectivity index (χ3n) is 3.54. The van der Waals surface area contributed by atoms with E-state index < -0.39 is 28.4 Å². The standard InChI is InChI=1S/C15H20N2O6S/c1-10-8-17(9-11(2)23-10)24(21,22)13-5-3-12(4-6-13)15(20)16-7-14(18)19/h3-6,10-11H,7-9H2,1-2H3,(H,16,20)(H,18,19). The quantitative estimate of drug-likeness (QED) is 0.784. The fourth-order valence-corrected chi connectivity index (χ4v) is 4.10. The zero-order valence-electron chi connectivity index (χ0n) is 13.4. The van der Waals surface area contributed by atoms with Crippen LogP contribution in [0.5, 0.6) is 0 Å². The van der Waals surface area contributed by atoms with Crippen LogP contribution >= 0.6 is 0 Å². The Balaban J connectivity index is 2.14. The molecular weight excluding hydrogens is 336 g/mol. The van der Waals surface area contributed by atoms with Crippen molar-refractivity contribution in [2.45, 2.75) is 31.0 Å². The van der Waals surface area contributed by atoms with Crippen LogP contribution in [0.1, 0.15) is 24.2 Å². The molecule has 1 fully saturated rings. The zero-order valence-corrected chi connectivity index (χ0v) is 14.2. The Bertz CT molecular complexity index is 706. The lowest BCUT2D eigenvalue weighted by Gasteiger charge is -2.34. The molecule has 9 heteroatoms. The van der Waals surface area contributed by atoms with Crippen LogP contribution in [-0.2, 0) is 19.6 Å². The average Bonchev–Trinajstić information content (AvgIpc) is 2.51. The highest BCUT2D eigenvalue weighted by Crippen LogP contribution is 2.21. The number of carbonyl (C=O) groups is 2. The lowest BCUT2D eigenvalue weighted by Crippen LogP contribution is -2.48. The van der Waals surface area contributed by atoms with E-state index in [1.54, 1.807) is 0 Å². The van der Waals surface area contributed by atoms with Crippen molar-refractivity contribution in [1.82, 2.24) is 9.62 Å². The Hall–Kier alpha value is -1.97. The van der Waals surface area contributed by atoms with Gasteiger partial charge < -0.3 is 15.2 Å². The van der Waals surface area contributed by atoms with E-state index in [9.17, 15) is 18.0 Å². The molecule has 2 rings (SSSR count). The van der Waals surface area contributed by atoms with Crippen molar-refractivity contribution in [3.8, 4) is 0 Å². The number of rotatable bonds is 5. The van der Waals surface area contributed by atoms with Crippen LogP contribution in [0, 0.1) is 0 Å². The van der Waals surface area contributed by atoms with Gasteiger partial charge >= 0.3 is 5.97 Å². The first-order valence-corrected chi connectivity index (χ1v) is 8.90.